The maximum absolute atomic E-state index is 13.7. The van der Waals surface area contributed by atoms with Crippen molar-refractivity contribution in [2.45, 2.75) is 26.4 Å². The molecule has 0 aliphatic carbocycles. The topological polar surface area (TPSA) is 52.0 Å². The zero-order valence-electron chi connectivity index (χ0n) is 11.1. The Morgan fingerprint density at radius 2 is 1.74 bits per heavy atom. The molecule has 0 aromatic heterocycles. The van der Waals surface area contributed by atoms with Gasteiger partial charge in [0, 0.05) is 18.7 Å². The van der Waals surface area contributed by atoms with Crippen LogP contribution in [0.25, 0.3) is 0 Å². The molecule has 0 spiro atoms. The molecule has 0 bridgehead atoms. The lowest BCUT2D eigenvalue weighted by Gasteiger charge is -2.12. The standard InChI is InChI=1S/C16H19FN2/c1-11-5-6-12(14(7-11)9-18)8-13-3-2-4-16(17)15(13)10-19/h2-7H,8-10,18-19H2,1H3. The molecule has 3 heteroatoms. The van der Waals surface area contributed by atoms with Gasteiger partial charge in [-0.15, -0.1) is 0 Å². The molecule has 4 N–H and O–H groups in total. The van der Waals surface area contributed by atoms with Crippen molar-refractivity contribution in [2.24, 2.45) is 11.5 Å². The summed E-state index contributed by atoms with van der Waals surface area (Å²) in [6, 6.07) is 11.3. The van der Waals surface area contributed by atoms with Gasteiger partial charge in [-0.3, -0.25) is 0 Å². The van der Waals surface area contributed by atoms with E-state index in [1.807, 2.05) is 13.0 Å². The van der Waals surface area contributed by atoms with Crippen molar-refractivity contribution in [1.29, 1.82) is 0 Å². The van der Waals surface area contributed by atoms with Crippen molar-refractivity contribution < 1.29 is 4.39 Å². The van der Waals surface area contributed by atoms with Gasteiger partial charge in [0.25, 0.3) is 0 Å². The lowest BCUT2D eigenvalue weighted by atomic mass is 9.95. The van der Waals surface area contributed by atoms with Crippen LogP contribution in [-0.4, -0.2) is 0 Å². The summed E-state index contributed by atoms with van der Waals surface area (Å²) in [7, 11) is 0. The van der Waals surface area contributed by atoms with Crippen molar-refractivity contribution in [2.75, 3.05) is 0 Å². The summed E-state index contributed by atoms with van der Waals surface area (Å²) in [6.07, 6.45) is 0.664. The minimum absolute atomic E-state index is 0.214. The van der Waals surface area contributed by atoms with Crippen LogP contribution in [0.15, 0.2) is 36.4 Å². The van der Waals surface area contributed by atoms with E-state index in [1.54, 1.807) is 6.07 Å². The maximum atomic E-state index is 13.7. The van der Waals surface area contributed by atoms with Crippen molar-refractivity contribution in [3.8, 4) is 0 Å². The molecule has 0 atom stereocenters. The summed E-state index contributed by atoms with van der Waals surface area (Å²) in [5.41, 5.74) is 16.3. The molecule has 0 saturated heterocycles. The van der Waals surface area contributed by atoms with Crippen LogP contribution in [0.3, 0.4) is 0 Å². The van der Waals surface area contributed by atoms with Crippen LogP contribution in [0.2, 0.25) is 0 Å². The summed E-state index contributed by atoms with van der Waals surface area (Å²) in [4.78, 5) is 0. The summed E-state index contributed by atoms with van der Waals surface area (Å²) in [6.45, 7) is 2.74. The third kappa shape index (κ3) is 3.00. The van der Waals surface area contributed by atoms with Crippen molar-refractivity contribution in [1.82, 2.24) is 0 Å². The van der Waals surface area contributed by atoms with Gasteiger partial charge in [-0.2, -0.15) is 0 Å². The van der Waals surface area contributed by atoms with E-state index in [-0.39, 0.29) is 12.4 Å². The Morgan fingerprint density at radius 3 is 2.42 bits per heavy atom. The van der Waals surface area contributed by atoms with Gasteiger partial charge in [-0.25, -0.2) is 4.39 Å². The molecular formula is C16H19FN2. The van der Waals surface area contributed by atoms with E-state index in [0.29, 0.717) is 18.5 Å². The predicted molar refractivity (Wildman–Crippen MR) is 76.2 cm³/mol. The summed E-state index contributed by atoms with van der Waals surface area (Å²) in [5.74, 6) is -0.235. The first-order valence-corrected chi connectivity index (χ1v) is 6.40. The largest absolute Gasteiger partial charge is 0.326 e. The quantitative estimate of drug-likeness (QED) is 0.885. The minimum Gasteiger partial charge on any atom is -0.326 e. The van der Waals surface area contributed by atoms with E-state index in [0.717, 1.165) is 16.7 Å². The smallest absolute Gasteiger partial charge is 0.127 e. The second-order valence-electron chi connectivity index (χ2n) is 4.73. The van der Waals surface area contributed by atoms with Gasteiger partial charge in [-0.05, 0) is 36.1 Å². The Morgan fingerprint density at radius 1 is 0.947 bits per heavy atom. The van der Waals surface area contributed by atoms with Crippen molar-refractivity contribution >= 4 is 0 Å². The third-order valence-electron chi connectivity index (χ3n) is 3.38. The van der Waals surface area contributed by atoms with Crippen LogP contribution in [-0.2, 0) is 19.5 Å². The molecule has 0 aliphatic rings. The molecule has 2 aromatic rings. The second kappa shape index (κ2) is 5.95. The van der Waals surface area contributed by atoms with Crippen LogP contribution < -0.4 is 11.5 Å². The number of hydrogen-bond donors (Lipinski definition) is 2. The highest BCUT2D eigenvalue weighted by molar-refractivity contribution is 5.38. The molecule has 0 amide bonds. The van der Waals surface area contributed by atoms with Crippen LogP contribution in [0.5, 0.6) is 0 Å². The molecule has 0 saturated carbocycles. The van der Waals surface area contributed by atoms with Crippen molar-refractivity contribution in [3.05, 3.63) is 70.0 Å². The molecule has 0 unspecified atom stereocenters. The van der Waals surface area contributed by atoms with E-state index in [2.05, 4.69) is 18.2 Å². The maximum Gasteiger partial charge on any atom is 0.127 e. The minimum atomic E-state index is -0.235. The third-order valence-corrected chi connectivity index (χ3v) is 3.38. The molecule has 19 heavy (non-hydrogen) atoms. The SMILES string of the molecule is Cc1ccc(Cc2cccc(F)c2CN)c(CN)c1. The molecule has 0 heterocycles. The molecule has 0 radical (unpaired) electrons. The molecule has 2 rings (SSSR count). The van der Waals surface area contributed by atoms with Gasteiger partial charge in [0.05, 0.1) is 0 Å². The Balaban J connectivity index is 2.39. The normalized spacial score (nSPS) is 10.7. The highest BCUT2D eigenvalue weighted by atomic mass is 19.1. The van der Waals surface area contributed by atoms with Gasteiger partial charge in [0.15, 0.2) is 0 Å². The predicted octanol–water partition coefficient (Wildman–Crippen LogP) is 2.64. The summed E-state index contributed by atoms with van der Waals surface area (Å²) < 4.78 is 13.7. The molecule has 100 valence electrons. The number of benzene rings is 2. The number of nitrogens with two attached hydrogens (primary N) is 2. The average molecular weight is 258 g/mol. The first kappa shape index (κ1) is 13.7. The summed E-state index contributed by atoms with van der Waals surface area (Å²) in [5, 5.41) is 0. The van der Waals surface area contributed by atoms with E-state index in [4.69, 9.17) is 11.5 Å². The van der Waals surface area contributed by atoms with E-state index in [9.17, 15) is 4.39 Å². The van der Waals surface area contributed by atoms with Crippen LogP contribution in [0.4, 0.5) is 4.39 Å². The number of aryl methyl sites for hydroxylation is 1. The van der Waals surface area contributed by atoms with Crippen LogP contribution in [0, 0.1) is 12.7 Å². The zero-order valence-corrected chi connectivity index (χ0v) is 11.1. The fourth-order valence-corrected chi connectivity index (χ4v) is 2.32. The number of hydrogen-bond acceptors (Lipinski definition) is 2. The number of rotatable bonds is 4. The average Bonchev–Trinajstić information content (AvgIpc) is 2.41. The monoisotopic (exact) mass is 258 g/mol. The molecule has 0 aliphatic heterocycles. The van der Waals surface area contributed by atoms with Gasteiger partial charge < -0.3 is 11.5 Å². The first-order valence-electron chi connectivity index (χ1n) is 6.40. The Hall–Kier alpha value is -1.71. The van der Waals surface area contributed by atoms with Gasteiger partial charge in [0.1, 0.15) is 5.82 Å². The van der Waals surface area contributed by atoms with Crippen LogP contribution >= 0.6 is 0 Å². The lowest BCUT2D eigenvalue weighted by Crippen LogP contribution is -2.07. The Labute approximate surface area is 113 Å². The number of halogens is 1. The first-order chi connectivity index (χ1) is 9.15. The van der Waals surface area contributed by atoms with Gasteiger partial charge in [0.2, 0.25) is 0 Å². The Kier molecular flexibility index (Phi) is 4.30. The molecular weight excluding hydrogens is 239 g/mol. The second-order valence-corrected chi connectivity index (χ2v) is 4.73. The molecule has 0 fully saturated rings. The highest BCUT2D eigenvalue weighted by Crippen LogP contribution is 2.20. The zero-order chi connectivity index (χ0) is 13.8. The molecule has 2 nitrogen and oxygen atoms in total. The van der Waals surface area contributed by atoms with Crippen molar-refractivity contribution in [3.63, 3.8) is 0 Å². The van der Waals surface area contributed by atoms with E-state index >= 15 is 0 Å². The lowest BCUT2D eigenvalue weighted by molar-refractivity contribution is 0.607. The van der Waals surface area contributed by atoms with E-state index in [1.165, 1.54) is 11.6 Å². The van der Waals surface area contributed by atoms with Crippen LogP contribution in [0.1, 0.15) is 27.8 Å². The highest BCUT2D eigenvalue weighted by Gasteiger charge is 2.09. The Bertz CT molecular complexity index is 579. The summed E-state index contributed by atoms with van der Waals surface area (Å²) >= 11 is 0. The van der Waals surface area contributed by atoms with Gasteiger partial charge in [-0.1, -0.05) is 35.9 Å². The van der Waals surface area contributed by atoms with Gasteiger partial charge >= 0.3 is 0 Å². The molecule has 2 aromatic carbocycles. The van der Waals surface area contributed by atoms with E-state index < -0.39 is 0 Å². The fourth-order valence-electron chi connectivity index (χ4n) is 2.32. The fraction of sp³-hybridized carbons (Fsp3) is 0.250.